The van der Waals surface area contributed by atoms with E-state index in [9.17, 15) is 4.39 Å². The molecule has 0 heterocycles. The Morgan fingerprint density at radius 1 is 1.46 bits per heavy atom. The molecule has 0 bridgehead atoms. The minimum Gasteiger partial charge on any atom is -0.305 e. The van der Waals surface area contributed by atoms with Crippen molar-refractivity contribution in [3.8, 4) is 0 Å². The highest BCUT2D eigenvalue weighted by Crippen LogP contribution is 2.19. The summed E-state index contributed by atoms with van der Waals surface area (Å²) >= 11 is 0. The summed E-state index contributed by atoms with van der Waals surface area (Å²) in [5.41, 5.74) is 3.39. The van der Waals surface area contributed by atoms with Gasteiger partial charge in [-0.25, -0.2) is 4.39 Å². The van der Waals surface area contributed by atoms with E-state index in [1.165, 1.54) is 13.2 Å². The fraction of sp³-hybridized carbons (Fsp3) is 0.400. The van der Waals surface area contributed by atoms with E-state index in [-0.39, 0.29) is 11.9 Å². The summed E-state index contributed by atoms with van der Waals surface area (Å²) in [6, 6.07) is 6.63. The Morgan fingerprint density at radius 3 is 2.69 bits per heavy atom. The Hall–Kier alpha value is -0.930. The van der Waals surface area contributed by atoms with Crippen LogP contribution in [0.1, 0.15) is 24.9 Å². The minimum atomic E-state index is -0.195. The van der Waals surface area contributed by atoms with Gasteiger partial charge in [0.15, 0.2) is 0 Å². The normalized spacial score (nSPS) is 12.8. The van der Waals surface area contributed by atoms with E-state index in [4.69, 9.17) is 4.84 Å². The second kappa shape index (κ2) is 4.94. The van der Waals surface area contributed by atoms with Gasteiger partial charge in [0.05, 0.1) is 13.2 Å². The fourth-order valence-corrected chi connectivity index (χ4v) is 1.27. The van der Waals surface area contributed by atoms with Crippen molar-refractivity contribution in [3.05, 3.63) is 35.6 Å². The zero-order valence-electron chi connectivity index (χ0n) is 7.88. The molecule has 0 saturated heterocycles. The molecule has 2 nitrogen and oxygen atoms in total. The third-order valence-corrected chi connectivity index (χ3v) is 1.95. The number of hydrogen-bond acceptors (Lipinski definition) is 2. The average Bonchev–Trinajstić information content (AvgIpc) is 2.16. The molecule has 1 aromatic rings. The van der Waals surface area contributed by atoms with E-state index < -0.39 is 0 Å². The first-order valence-corrected chi connectivity index (χ1v) is 4.32. The van der Waals surface area contributed by atoms with E-state index in [1.54, 1.807) is 12.1 Å². The molecule has 72 valence electrons. The SMILES string of the molecule is CCC(NOC)c1ccccc1F. The van der Waals surface area contributed by atoms with Crippen LogP contribution in [-0.2, 0) is 4.84 Å². The van der Waals surface area contributed by atoms with Crippen LogP contribution < -0.4 is 5.48 Å². The van der Waals surface area contributed by atoms with Gasteiger partial charge in [-0.1, -0.05) is 25.1 Å². The van der Waals surface area contributed by atoms with E-state index in [2.05, 4.69) is 5.48 Å². The molecule has 0 aliphatic heterocycles. The molecule has 1 atom stereocenters. The Kier molecular flexibility index (Phi) is 3.86. The van der Waals surface area contributed by atoms with E-state index in [1.807, 2.05) is 13.0 Å². The van der Waals surface area contributed by atoms with Crippen molar-refractivity contribution in [1.82, 2.24) is 5.48 Å². The van der Waals surface area contributed by atoms with Crippen molar-refractivity contribution >= 4 is 0 Å². The second-order valence-electron chi connectivity index (χ2n) is 2.80. The van der Waals surface area contributed by atoms with Crippen LogP contribution in [0.4, 0.5) is 4.39 Å². The third-order valence-electron chi connectivity index (χ3n) is 1.95. The van der Waals surface area contributed by atoms with Crippen molar-refractivity contribution in [2.45, 2.75) is 19.4 Å². The lowest BCUT2D eigenvalue weighted by Crippen LogP contribution is -2.20. The monoisotopic (exact) mass is 183 g/mol. The Bertz CT molecular complexity index is 265. The lowest BCUT2D eigenvalue weighted by atomic mass is 10.1. The molecule has 0 aliphatic carbocycles. The Labute approximate surface area is 77.7 Å². The quantitative estimate of drug-likeness (QED) is 0.724. The highest BCUT2D eigenvalue weighted by atomic mass is 19.1. The van der Waals surface area contributed by atoms with Crippen molar-refractivity contribution < 1.29 is 9.23 Å². The van der Waals surface area contributed by atoms with Gasteiger partial charge in [0.25, 0.3) is 0 Å². The molecule has 0 saturated carbocycles. The number of hydroxylamine groups is 1. The number of rotatable bonds is 4. The summed E-state index contributed by atoms with van der Waals surface area (Å²) in [5, 5.41) is 0. The van der Waals surface area contributed by atoms with Gasteiger partial charge in [0.2, 0.25) is 0 Å². The second-order valence-corrected chi connectivity index (χ2v) is 2.80. The molecule has 0 amide bonds. The van der Waals surface area contributed by atoms with Gasteiger partial charge in [0, 0.05) is 5.56 Å². The van der Waals surface area contributed by atoms with Crippen LogP contribution in [0, 0.1) is 5.82 Å². The van der Waals surface area contributed by atoms with Gasteiger partial charge in [-0.2, -0.15) is 5.48 Å². The number of benzene rings is 1. The van der Waals surface area contributed by atoms with Crippen molar-refractivity contribution in [3.63, 3.8) is 0 Å². The molecule has 1 N–H and O–H groups in total. The molecular formula is C10H14FNO. The van der Waals surface area contributed by atoms with Gasteiger partial charge >= 0.3 is 0 Å². The maximum absolute atomic E-state index is 13.3. The lowest BCUT2D eigenvalue weighted by Gasteiger charge is -2.15. The van der Waals surface area contributed by atoms with Crippen LogP contribution in [0.5, 0.6) is 0 Å². The summed E-state index contributed by atoms with van der Waals surface area (Å²) in [6.45, 7) is 1.98. The summed E-state index contributed by atoms with van der Waals surface area (Å²) in [7, 11) is 1.53. The summed E-state index contributed by atoms with van der Waals surface area (Å²) in [5.74, 6) is -0.195. The van der Waals surface area contributed by atoms with E-state index >= 15 is 0 Å². The highest BCUT2D eigenvalue weighted by Gasteiger charge is 2.11. The van der Waals surface area contributed by atoms with Crippen molar-refractivity contribution in [2.24, 2.45) is 0 Å². The van der Waals surface area contributed by atoms with Crippen LogP contribution in [0.15, 0.2) is 24.3 Å². The standard InChI is InChI=1S/C10H14FNO/c1-3-10(12-13-2)8-6-4-5-7-9(8)11/h4-7,10,12H,3H2,1-2H3. The predicted octanol–water partition coefficient (Wildman–Crippen LogP) is 2.43. The van der Waals surface area contributed by atoms with Crippen LogP contribution in [-0.4, -0.2) is 7.11 Å². The molecule has 13 heavy (non-hydrogen) atoms. The number of nitrogens with one attached hydrogen (secondary N) is 1. The molecule has 0 aliphatic rings. The number of halogens is 1. The van der Waals surface area contributed by atoms with Crippen LogP contribution >= 0.6 is 0 Å². The summed E-state index contributed by atoms with van der Waals surface area (Å²) in [6.07, 6.45) is 0.786. The molecule has 0 radical (unpaired) electrons. The average molecular weight is 183 g/mol. The molecule has 1 unspecified atom stereocenters. The fourth-order valence-electron chi connectivity index (χ4n) is 1.27. The van der Waals surface area contributed by atoms with Crippen molar-refractivity contribution in [1.29, 1.82) is 0 Å². The molecular weight excluding hydrogens is 169 g/mol. The maximum atomic E-state index is 13.3. The van der Waals surface area contributed by atoms with E-state index in [0.29, 0.717) is 5.56 Å². The maximum Gasteiger partial charge on any atom is 0.128 e. The Balaban J connectivity index is 2.84. The Morgan fingerprint density at radius 2 is 2.15 bits per heavy atom. The zero-order chi connectivity index (χ0) is 9.68. The molecule has 1 aromatic carbocycles. The van der Waals surface area contributed by atoms with Gasteiger partial charge in [-0.3, -0.25) is 0 Å². The molecule has 0 spiro atoms. The summed E-state index contributed by atoms with van der Waals surface area (Å²) < 4.78 is 13.3. The third kappa shape index (κ3) is 2.50. The van der Waals surface area contributed by atoms with Gasteiger partial charge in [-0.05, 0) is 12.5 Å². The van der Waals surface area contributed by atoms with E-state index in [0.717, 1.165) is 6.42 Å². The zero-order valence-corrected chi connectivity index (χ0v) is 7.88. The molecule has 0 fully saturated rings. The van der Waals surface area contributed by atoms with Crippen molar-refractivity contribution in [2.75, 3.05) is 7.11 Å². The molecule has 3 heteroatoms. The van der Waals surface area contributed by atoms with Crippen LogP contribution in [0.3, 0.4) is 0 Å². The first kappa shape index (κ1) is 10.2. The highest BCUT2D eigenvalue weighted by molar-refractivity contribution is 5.20. The largest absolute Gasteiger partial charge is 0.305 e. The first-order valence-electron chi connectivity index (χ1n) is 4.32. The smallest absolute Gasteiger partial charge is 0.128 e. The van der Waals surface area contributed by atoms with Gasteiger partial charge in [0.1, 0.15) is 5.82 Å². The molecule has 0 aromatic heterocycles. The van der Waals surface area contributed by atoms with Crippen LogP contribution in [0.25, 0.3) is 0 Å². The first-order chi connectivity index (χ1) is 6.29. The topological polar surface area (TPSA) is 21.3 Å². The van der Waals surface area contributed by atoms with Gasteiger partial charge in [-0.15, -0.1) is 0 Å². The predicted molar refractivity (Wildman–Crippen MR) is 49.6 cm³/mol. The minimum absolute atomic E-state index is 0.0776. The van der Waals surface area contributed by atoms with Gasteiger partial charge < -0.3 is 4.84 Å². The molecule has 1 rings (SSSR count). The number of hydrogen-bond donors (Lipinski definition) is 1. The lowest BCUT2D eigenvalue weighted by molar-refractivity contribution is 0.0582. The van der Waals surface area contributed by atoms with Crippen LogP contribution in [0.2, 0.25) is 0 Å². The summed E-state index contributed by atoms with van der Waals surface area (Å²) in [4.78, 5) is 4.79.